The van der Waals surface area contributed by atoms with Crippen LogP contribution in [0.5, 0.6) is 5.75 Å². The second kappa shape index (κ2) is 5.84. The van der Waals surface area contributed by atoms with E-state index >= 15 is 0 Å². The standard InChI is InChI=1S/C14H13BrN2O2/c1-9-4-10(14(16)18)2-3-11(9)8-19-13-5-12(15)6-17-7-13/h2-7H,8H2,1H3,(H2,16,18). The predicted octanol–water partition coefficient (Wildman–Crippen LogP) is 2.83. The molecule has 0 spiro atoms. The Morgan fingerprint density at radius 2 is 2.16 bits per heavy atom. The number of hydrogen-bond donors (Lipinski definition) is 1. The highest BCUT2D eigenvalue weighted by Gasteiger charge is 2.05. The number of aromatic nitrogens is 1. The first-order valence-corrected chi connectivity index (χ1v) is 6.48. The molecule has 1 aromatic heterocycles. The number of ether oxygens (including phenoxy) is 1. The van der Waals surface area contributed by atoms with Gasteiger partial charge in [-0.05, 0) is 52.2 Å². The second-order valence-corrected chi connectivity index (χ2v) is 5.05. The Bertz CT molecular complexity index is 614. The molecule has 0 bridgehead atoms. The molecule has 0 unspecified atom stereocenters. The van der Waals surface area contributed by atoms with Crippen molar-refractivity contribution in [2.45, 2.75) is 13.5 Å². The third-order valence-electron chi connectivity index (χ3n) is 2.70. The number of carbonyl (C=O) groups is 1. The van der Waals surface area contributed by atoms with Gasteiger partial charge in [-0.2, -0.15) is 0 Å². The number of primary amides is 1. The van der Waals surface area contributed by atoms with E-state index in [2.05, 4.69) is 20.9 Å². The van der Waals surface area contributed by atoms with Gasteiger partial charge in [0.15, 0.2) is 0 Å². The van der Waals surface area contributed by atoms with Gasteiger partial charge in [0.2, 0.25) is 5.91 Å². The van der Waals surface area contributed by atoms with Gasteiger partial charge in [0.1, 0.15) is 12.4 Å². The summed E-state index contributed by atoms with van der Waals surface area (Å²) >= 11 is 3.33. The van der Waals surface area contributed by atoms with Crippen LogP contribution in [0.4, 0.5) is 0 Å². The minimum Gasteiger partial charge on any atom is -0.487 e. The number of benzene rings is 1. The van der Waals surface area contributed by atoms with Crippen LogP contribution in [0.25, 0.3) is 0 Å². The third kappa shape index (κ3) is 3.54. The lowest BCUT2D eigenvalue weighted by molar-refractivity contribution is 0.1000. The Labute approximate surface area is 119 Å². The molecule has 0 saturated heterocycles. The summed E-state index contributed by atoms with van der Waals surface area (Å²) in [5.74, 6) is 0.263. The first kappa shape index (κ1) is 13.5. The lowest BCUT2D eigenvalue weighted by atomic mass is 10.1. The Morgan fingerprint density at radius 1 is 1.37 bits per heavy atom. The molecule has 2 N–H and O–H groups in total. The van der Waals surface area contributed by atoms with Gasteiger partial charge in [-0.25, -0.2) is 0 Å². The lowest BCUT2D eigenvalue weighted by Crippen LogP contribution is -2.11. The van der Waals surface area contributed by atoms with Crippen LogP contribution in [0.2, 0.25) is 0 Å². The van der Waals surface area contributed by atoms with Crippen molar-refractivity contribution in [3.8, 4) is 5.75 Å². The zero-order valence-electron chi connectivity index (χ0n) is 10.4. The fourth-order valence-electron chi connectivity index (χ4n) is 1.64. The van der Waals surface area contributed by atoms with E-state index in [1.807, 2.05) is 19.1 Å². The maximum absolute atomic E-state index is 11.1. The smallest absolute Gasteiger partial charge is 0.248 e. The van der Waals surface area contributed by atoms with Crippen LogP contribution >= 0.6 is 15.9 Å². The number of carbonyl (C=O) groups excluding carboxylic acids is 1. The molecule has 4 nitrogen and oxygen atoms in total. The zero-order chi connectivity index (χ0) is 13.8. The number of rotatable bonds is 4. The number of nitrogens with two attached hydrogens (primary N) is 1. The highest BCUT2D eigenvalue weighted by atomic mass is 79.9. The van der Waals surface area contributed by atoms with Crippen molar-refractivity contribution in [2.24, 2.45) is 5.73 Å². The first-order valence-electron chi connectivity index (χ1n) is 5.69. The summed E-state index contributed by atoms with van der Waals surface area (Å²) in [6.07, 6.45) is 3.34. The van der Waals surface area contributed by atoms with Crippen LogP contribution in [0.1, 0.15) is 21.5 Å². The first-order chi connectivity index (χ1) is 9.06. The fraction of sp³-hybridized carbons (Fsp3) is 0.143. The molecule has 1 aromatic carbocycles. The largest absolute Gasteiger partial charge is 0.487 e. The van der Waals surface area contributed by atoms with E-state index in [9.17, 15) is 4.79 Å². The highest BCUT2D eigenvalue weighted by Crippen LogP contribution is 2.18. The molecule has 19 heavy (non-hydrogen) atoms. The lowest BCUT2D eigenvalue weighted by Gasteiger charge is -2.09. The number of aryl methyl sites for hydroxylation is 1. The SMILES string of the molecule is Cc1cc(C(N)=O)ccc1COc1cncc(Br)c1. The van der Waals surface area contributed by atoms with Crippen LogP contribution in [-0.2, 0) is 6.61 Å². The summed E-state index contributed by atoms with van der Waals surface area (Å²) in [6, 6.07) is 7.16. The number of hydrogen-bond acceptors (Lipinski definition) is 3. The molecule has 0 fully saturated rings. The monoisotopic (exact) mass is 320 g/mol. The van der Waals surface area contributed by atoms with Crippen LogP contribution in [0.15, 0.2) is 41.1 Å². The molecule has 0 atom stereocenters. The van der Waals surface area contributed by atoms with Gasteiger partial charge in [0, 0.05) is 16.2 Å². The van der Waals surface area contributed by atoms with Crippen molar-refractivity contribution in [3.63, 3.8) is 0 Å². The van der Waals surface area contributed by atoms with Crippen LogP contribution < -0.4 is 10.5 Å². The summed E-state index contributed by atoms with van der Waals surface area (Å²) < 4.78 is 6.51. The molecule has 1 amide bonds. The maximum Gasteiger partial charge on any atom is 0.248 e. The Balaban J connectivity index is 2.10. The molecule has 0 saturated carbocycles. The molecule has 1 heterocycles. The normalized spacial score (nSPS) is 10.2. The van der Waals surface area contributed by atoms with Gasteiger partial charge in [-0.1, -0.05) is 6.07 Å². The number of pyridine rings is 1. The predicted molar refractivity (Wildman–Crippen MR) is 76.0 cm³/mol. The summed E-state index contributed by atoms with van der Waals surface area (Å²) in [4.78, 5) is 15.1. The summed E-state index contributed by atoms with van der Waals surface area (Å²) in [6.45, 7) is 2.34. The van der Waals surface area contributed by atoms with E-state index < -0.39 is 5.91 Å². The zero-order valence-corrected chi connectivity index (χ0v) is 12.0. The van der Waals surface area contributed by atoms with Crippen molar-refractivity contribution >= 4 is 21.8 Å². The van der Waals surface area contributed by atoms with Crippen molar-refractivity contribution in [1.82, 2.24) is 4.98 Å². The third-order valence-corrected chi connectivity index (χ3v) is 3.13. The van der Waals surface area contributed by atoms with Crippen molar-refractivity contribution in [3.05, 3.63) is 57.8 Å². The second-order valence-electron chi connectivity index (χ2n) is 4.13. The van der Waals surface area contributed by atoms with Gasteiger partial charge >= 0.3 is 0 Å². The highest BCUT2D eigenvalue weighted by molar-refractivity contribution is 9.10. The van der Waals surface area contributed by atoms with E-state index in [0.717, 1.165) is 15.6 Å². The van der Waals surface area contributed by atoms with E-state index in [4.69, 9.17) is 10.5 Å². The number of nitrogens with zero attached hydrogens (tertiary/aromatic N) is 1. The molecule has 98 valence electrons. The van der Waals surface area contributed by atoms with Gasteiger partial charge in [-0.3, -0.25) is 9.78 Å². The number of halogens is 1. The molecule has 2 aromatic rings. The molecule has 0 aliphatic rings. The molecule has 0 aliphatic carbocycles. The van der Waals surface area contributed by atoms with Crippen LogP contribution in [0, 0.1) is 6.92 Å². The van der Waals surface area contributed by atoms with E-state index in [-0.39, 0.29) is 0 Å². The molecule has 0 radical (unpaired) electrons. The fourth-order valence-corrected chi connectivity index (χ4v) is 1.99. The molecule has 5 heteroatoms. The molecular weight excluding hydrogens is 308 g/mol. The average Bonchev–Trinajstić information content (AvgIpc) is 2.37. The van der Waals surface area contributed by atoms with Gasteiger partial charge in [-0.15, -0.1) is 0 Å². The molecular formula is C14H13BrN2O2. The minimum absolute atomic E-state index is 0.420. The summed E-state index contributed by atoms with van der Waals surface area (Å²) in [5.41, 5.74) is 7.71. The van der Waals surface area contributed by atoms with Gasteiger partial charge in [0.05, 0.1) is 6.20 Å². The van der Waals surface area contributed by atoms with Crippen molar-refractivity contribution in [2.75, 3.05) is 0 Å². The molecule has 2 rings (SSSR count). The maximum atomic E-state index is 11.1. The average molecular weight is 321 g/mol. The van der Waals surface area contributed by atoms with Crippen molar-refractivity contribution < 1.29 is 9.53 Å². The Hall–Kier alpha value is -1.88. The summed E-state index contributed by atoms with van der Waals surface area (Å²) in [7, 11) is 0. The van der Waals surface area contributed by atoms with Gasteiger partial charge < -0.3 is 10.5 Å². The Kier molecular flexibility index (Phi) is 4.16. The van der Waals surface area contributed by atoms with E-state index in [0.29, 0.717) is 17.9 Å². The van der Waals surface area contributed by atoms with Crippen LogP contribution in [0.3, 0.4) is 0 Å². The molecule has 0 aliphatic heterocycles. The van der Waals surface area contributed by atoms with E-state index in [1.165, 1.54) is 0 Å². The van der Waals surface area contributed by atoms with E-state index in [1.54, 1.807) is 24.5 Å². The quantitative estimate of drug-likeness (QED) is 0.942. The topological polar surface area (TPSA) is 65.2 Å². The summed E-state index contributed by atoms with van der Waals surface area (Å²) in [5, 5.41) is 0. The Morgan fingerprint density at radius 3 is 2.79 bits per heavy atom. The van der Waals surface area contributed by atoms with Gasteiger partial charge in [0.25, 0.3) is 0 Å². The number of amides is 1. The minimum atomic E-state index is -0.424. The van der Waals surface area contributed by atoms with Crippen molar-refractivity contribution in [1.29, 1.82) is 0 Å². The van der Waals surface area contributed by atoms with Crippen LogP contribution in [-0.4, -0.2) is 10.9 Å².